The van der Waals surface area contributed by atoms with Crippen LogP contribution in [0.1, 0.15) is 72.1 Å². The first-order chi connectivity index (χ1) is 8.72. The van der Waals surface area contributed by atoms with Gasteiger partial charge in [-0.1, -0.05) is 26.7 Å². The molecule has 0 spiro atoms. The third kappa shape index (κ3) is 4.89. The van der Waals surface area contributed by atoms with Gasteiger partial charge in [0, 0.05) is 12.1 Å². The highest BCUT2D eigenvalue weighted by Crippen LogP contribution is 2.27. The summed E-state index contributed by atoms with van der Waals surface area (Å²) in [6, 6.07) is 1.67. The van der Waals surface area contributed by atoms with E-state index in [9.17, 15) is 0 Å². The molecule has 0 amide bonds. The van der Waals surface area contributed by atoms with Crippen LogP contribution in [0.5, 0.6) is 0 Å². The average molecular weight is 254 g/mol. The molecule has 2 heteroatoms. The monoisotopic (exact) mass is 254 g/mol. The van der Waals surface area contributed by atoms with Crippen molar-refractivity contribution in [2.24, 2.45) is 11.7 Å². The Balaban J connectivity index is 2.26. The Bertz CT molecular complexity index is 199. The lowest BCUT2D eigenvalue weighted by Crippen LogP contribution is -2.35. The smallest absolute Gasteiger partial charge is 0.00960 e. The van der Waals surface area contributed by atoms with E-state index >= 15 is 0 Å². The molecule has 0 aromatic rings. The van der Waals surface area contributed by atoms with Crippen LogP contribution < -0.4 is 5.73 Å². The molecular weight excluding hydrogens is 220 g/mol. The molecule has 0 radical (unpaired) electrons. The maximum absolute atomic E-state index is 5.71. The molecule has 3 atom stereocenters. The third-order valence-electron chi connectivity index (χ3n) is 4.72. The van der Waals surface area contributed by atoms with E-state index in [2.05, 4.69) is 25.7 Å². The molecule has 1 saturated heterocycles. The van der Waals surface area contributed by atoms with Crippen molar-refractivity contribution in [2.45, 2.75) is 84.2 Å². The molecule has 0 aliphatic carbocycles. The van der Waals surface area contributed by atoms with Gasteiger partial charge in [0.15, 0.2) is 0 Å². The Morgan fingerprint density at radius 2 is 1.94 bits per heavy atom. The molecule has 1 aliphatic heterocycles. The normalized spacial score (nSPS) is 26.7. The van der Waals surface area contributed by atoms with Crippen molar-refractivity contribution in [3.05, 3.63) is 0 Å². The Hall–Kier alpha value is -0.0800. The summed E-state index contributed by atoms with van der Waals surface area (Å²) in [5, 5.41) is 0. The van der Waals surface area contributed by atoms with Gasteiger partial charge < -0.3 is 5.73 Å². The van der Waals surface area contributed by atoms with E-state index in [1.165, 1.54) is 57.9 Å². The third-order valence-corrected chi connectivity index (χ3v) is 4.72. The molecule has 108 valence electrons. The minimum atomic E-state index is 0.814. The van der Waals surface area contributed by atoms with Gasteiger partial charge in [-0.15, -0.1) is 0 Å². The van der Waals surface area contributed by atoms with Crippen LogP contribution in [0.2, 0.25) is 0 Å². The first kappa shape index (κ1) is 16.0. The largest absolute Gasteiger partial charge is 0.330 e. The fourth-order valence-electron chi connectivity index (χ4n) is 3.61. The Morgan fingerprint density at radius 3 is 2.56 bits per heavy atom. The predicted molar refractivity (Wildman–Crippen MR) is 80.8 cm³/mol. The minimum absolute atomic E-state index is 0.814. The van der Waals surface area contributed by atoms with Crippen LogP contribution in [0, 0.1) is 5.92 Å². The predicted octanol–water partition coefficient (Wildman–Crippen LogP) is 3.79. The zero-order chi connectivity index (χ0) is 13.4. The van der Waals surface area contributed by atoms with E-state index in [1.54, 1.807) is 0 Å². The molecule has 1 rings (SSSR count). The van der Waals surface area contributed by atoms with Crippen molar-refractivity contribution < 1.29 is 0 Å². The van der Waals surface area contributed by atoms with E-state index in [4.69, 9.17) is 5.73 Å². The van der Waals surface area contributed by atoms with Crippen LogP contribution in [0.4, 0.5) is 0 Å². The molecule has 18 heavy (non-hydrogen) atoms. The molecule has 2 N–H and O–H groups in total. The Kier molecular flexibility index (Phi) is 7.92. The lowest BCUT2D eigenvalue weighted by Gasteiger charge is -2.28. The fraction of sp³-hybridized carbons (Fsp3) is 1.00. The number of rotatable bonds is 9. The van der Waals surface area contributed by atoms with Crippen molar-refractivity contribution in [3.8, 4) is 0 Å². The molecule has 3 unspecified atom stereocenters. The molecule has 1 aliphatic rings. The van der Waals surface area contributed by atoms with Gasteiger partial charge in [0.25, 0.3) is 0 Å². The zero-order valence-corrected chi connectivity index (χ0v) is 12.8. The number of nitrogens with zero attached hydrogens (tertiary/aromatic N) is 1. The van der Waals surface area contributed by atoms with Crippen molar-refractivity contribution in [2.75, 3.05) is 13.1 Å². The standard InChI is InChI=1S/C16H34N2/c1-4-7-15(11-12-17)8-6-13-18-14(3)9-10-16(18)5-2/h14-16H,4-13,17H2,1-3H3. The highest BCUT2D eigenvalue weighted by atomic mass is 15.2. The van der Waals surface area contributed by atoms with Crippen molar-refractivity contribution in [1.29, 1.82) is 0 Å². The van der Waals surface area contributed by atoms with Crippen LogP contribution >= 0.6 is 0 Å². The molecule has 0 aromatic carbocycles. The molecule has 2 nitrogen and oxygen atoms in total. The fourth-order valence-corrected chi connectivity index (χ4v) is 3.61. The van der Waals surface area contributed by atoms with Crippen molar-refractivity contribution in [1.82, 2.24) is 4.90 Å². The number of hydrogen-bond donors (Lipinski definition) is 1. The van der Waals surface area contributed by atoms with Gasteiger partial charge in [-0.25, -0.2) is 0 Å². The maximum Gasteiger partial charge on any atom is 0.00960 e. The summed E-state index contributed by atoms with van der Waals surface area (Å²) in [6.45, 7) is 9.20. The Labute approximate surface area is 114 Å². The lowest BCUT2D eigenvalue weighted by molar-refractivity contribution is 0.189. The van der Waals surface area contributed by atoms with Gasteiger partial charge in [0.1, 0.15) is 0 Å². The molecule has 1 fully saturated rings. The summed E-state index contributed by atoms with van der Waals surface area (Å²) in [5.41, 5.74) is 5.71. The van der Waals surface area contributed by atoms with E-state index in [-0.39, 0.29) is 0 Å². The summed E-state index contributed by atoms with van der Waals surface area (Å²) < 4.78 is 0. The highest BCUT2D eigenvalue weighted by Gasteiger charge is 2.28. The van der Waals surface area contributed by atoms with Crippen LogP contribution in [-0.2, 0) is 0 Å². The van der Waals surface area contributed by atoms with E-state index in [1.807, 2.05) is 0 Å². The maximum atomic E-state index is 5.71. The van der Waals surface area contributed by atoms with E-state index < -0.39 is 0 Å². The molecule has 1 heterocycles. The van der Waals surface area contributed by atoms with Crippen LogP contribution in [0.15, 0.2) is 0 Å². The number of hydrogen-bond acceptors (Lipinski definition) is 2. The van der Waals surface area contributed by atoms with Crippen molar-refractivity contribution in [3.63, 3.8) is 0 Å². The number of nitrogens with two attached hydrogens (primary N) is 1. The van der Waals surface area contributed by atoms with Crippen LogP contribution in [0.25, 0.3) is 0 Å². The summed E-state index contributed by atoms with van der Waals surface area (Å²) in [5.74, 6) is 0.873. The van der Waals surface area contributed by atoms with Gasteiger partial charge in [-0.05, 0) is 64.5 Å². The summed E-state index contributed by atoms with van der Waals surface area (Å²) in [6.07, 6.45) is 10.8. The summed E-state index contributed by atoms with van der Waals surface area (Å²) in [4.78, 5) is 2.76. The molecule has 0 saturated carbocycles. The quantitative estimate of drug-likeness (QED) is 0.678. The van der Waals surface area contributed by atoms with Gasteiger partial charge in [0.05, 0.1) is 0 Å². The van der Waals surface area contributed by atoms with Gasteiger partial charge >= 0.3 is 0 Å². The topological polar surface area (TPSA) is 29.3 Å². The van der Waals surface area contributed by atoms with E-state index in [0.29, 0.717) is 0 Å². The van der Waals surface area contributed by atoms with Gasteiger partial charge in [-0.3, -0.25) is 4.90 Å². The second kappa shape index (κ2) is 8.92. The second-order valence-corrected chi connectivity index (χ2v) is 6.10. The lowest BCUT2D eigenvalue weighted by atomic mass is 9.94. The summed E-state index contributed by atoms with van der Waals surface area (Å²) >= 11 is 0. The molecule has 0 bridgehead atoms. The molecular formula is C16H34N2. The summed E-state index contributed by atoms with van der Waals surface area (Å²) in [7, 11) is 0. The SMILES string of the molecule is CCCC(CCN)CCCN1C(C)CCC1CC. The first-order valence-electron chi connectivity index (χ1n) is 8.18. The average Bonchev–Trinajstić information content (AvgIpc) is 2.71. The Morgan fingerprint density at radius 1 is 1.17 bits per heavy atom. The zero-order valence-electron chi connectivity index (χ0n) is 12.8. The molecule has 0 aromatic heterocycles. The first-order valence-corrected chi connectivity index (χ1v) is 8.18. The van der Waals surface area contributed by atoms with Gasteiger partial charge in [-0.2, -0.15) is 0 Å². The minimum Gasteiger partial charge on any atom is -0.330 e. The van der Waals surface area contributed by atoms with E-state index in [0.717, 1.165) is 24.5 Å². The van der Waals surface area contributed by atoms with Crippen LogP contribution in [-0.4, -0.2) is 30.1 Å². The van der Waals surface area contributed by atoms with Gasteiger partial charge in [0.2, 0.25) is 0 Å². The van der Waals surface area contributed by atoms with Crippen molar-refractivity contribution >= 4 is 0 Å². The second-order valence-electron chi connectivity index (χ2n) is 6.10. The number of likely N-dealkylation sites (tertiary alicyclic amines) is 1. The highest BCUT2D eigenvalue weighted by molar-refractivity contribution is 4.84. The van der Waals surface area contributed by atoms with Crippen LogP contribution in [0.3, 0.4) is 0 Å².